The van der Waals surface area contributed by atoms with Crippen LogP contribution in [0.2, 0.25) is 0 Å². The molecule has 0 aliphatic carbocycles. The molecule has 2 nitrogen and oxygen atoms in total. The molecule has 0 saturated carbocycles. The van der Waals surface area contributed by atoms with E-state index >= 15 is 0 Å². The van der Waals surface area contributed by atoms with E-state index in [1.165, 1.54) is 17.7 Å². The van der Waals surface area contributed by atoms with Gasteiger partial charge in [-0.05, 0) is 35.9 Å². The van der Waals surface area contributed by atoms with Gasteiger partial charge in [0.1, 0.15) is 23.9 Å². The molecule has 1 aliphatic rings. The molecule has 0 fully saturated rings. The van der Waals surface area contributed by atoms with Gasteiger partial charge in [-0.2, -0.15) is 0 Å². The third-order valence-corrected chi connectivity index (χ3v) is 4.12. The maximum atomic E-state index is 13.2. The van der Waals surface area contributed by atoms with E-state index in [4.69, 9.17) is 21.1 Å². The summed E-state index contributed by atoms with van der Waals surface area (Å²) in [6.45, 7) is 1.06. The zero-order valence-corrected chi connectivity index (χ0v) is 13.5. The summed E-state index contributed by atoms with van der Waals surface area (Å²) in [5, 5.41) is 0. The molecule has 1 heterocycles. The van der Waals surface area contributed by atoms with Gasteiger partial charge in [0, 0.05) is 22.0 Å². The van der Waals surface area contributed by atoms with Gasteiger partial charge in [0.15, 0.2) is 0 Å². The van der Waals surface area contributed by atoms with Gasteiger partial charge in [-0.15, -0.1) is 11.6 Å². The van der Waals surface area contributed by atoms with Crippen molar-refractivity contribution in [3.8, 4) is 11.5 Å². The Bertz CT molecular complexity index is 676. The third kappa shape index (κ3) is 3.16. The van der Waals surface area contributed by atoms with Gasteiger partial charge >= 0.3 is 0 Å². The van der Waals surface area contributed by atoms with Gasteiger partial charge in [0.2, 0.25) is 0 Å². The Kier molecular flexibility index (Phi) is 4.36. The summed E-state index contributed by atoms with van der Waals surface area (Å²) in [7, 11) is 0. The number of hydrogen-bond acceptors (Lipinski definition) is 2. The van der Waals surface area contributed by atoms with E-state index in [1.54, 1.807) is 6.07 Å². The van der Waals surface area contributed by atoms with Gasteiger partial charge in [-0.3, -0.25) is 0 Å². The third-order valence-electron chi connectivity index (χ3n) is 3.38. The summed E-state index contributed by atoms with van der Waals surface area (Å²) in [6, 6.07) is 8.41. The molecule has 0 unspecified atom stereocenters. The predicted octanol–water partition coefficient (Wildman–Crippen LogP) is 4.84. The minimum absolute atomic E-state index is 0.209. The lowest BCUT2D eigenvalue weighted by molar-refractivity contribution is 0.289. The maximum Gasteiger partial charge on any atom is 0.129 e. The summed E-state index contributed by atoms with van der Waals surface area (Å²) in [5.41, 5.74) is 2.80. The van der Waals surface area contributed by atoms with Crippen LogP contribution in [0.25, 0.3) is 0 Å². The number of fused-ring (bicyclic) bond motifs is 1. The monoisotopic (exact) mass is 370 g/mol. The Morgan fingerprint density at radius 2 is 2.10 bits per heavy atom. The summed E-state index contributed by atoms with van der Waals surface area (Å²) >= 11 is 9.32. The summed E-state index contributed by atoms with van der Waals surface area (Å²) in [4.78, 5) is 0. The summed E-state index contributed by atoms with van der Waals surface area (Å²) in [5.74, 6) is 1.38. The first-order valence-electron chi connectivity index (χ1n) is 6.58. The van der Waals surface area contributed by atoms with E-state index in [2.05, 4.69) is 22.0 Å². The van der Waals surface area contributed by atoms with Gasteiger partial charge < -0.3 is 9.47 Å². The number of benzene rings is 2. The van der Waals surface area contributed by atoms with Crippen LogP contribution in [-0.4, -0.2) is 6.61 Å². The maximum absolute atomic E-state index is 13.2. The molecule has 3 rings (SSSR count). The fourth-order valence-corrected chi connectivity index (χ4v) is 3.16. The average Bonchev–Trinajstić information content (AvgIpc) is 2.93. The highest BCUT2D eigenvalue weighted by Crippen LogP contribution is 2.34. The minimum atomic E-state index is -0.315. The standard InChI is InChI=1S/C16H13BrClFO2/c17-13-5-10-3-4-20-16(10)12(6-13)9-21-15-2-1-14(19)7-11(15)8-18/h1-2,5-7H,3-4,8-9H2. The van der Waals surface area contributed by atoms with Crippen molar-refractivity contribution in [1.29, 1.82) is 0 Å². The van der Waals surface area contributed by atoms with Crippen molar-refractivity contribution in [3.63, 3.8) is 0 Å². The smallest absolute Gasteiger partial charge is 0.129 e. The molecule has 0 N–H and O–H groups in total. The lowest BCUT2D eigenvalue weighted by atomic mass is 10.1. The van der Waals surface area contributed by atoms with Crippen LogP contribution in [-0.2, 0) is 18.9 Å². The molecule has 5 heteroatoms. The number of ether oxygens (including phenoxy) is 2. The average molecular weight is 372 g/mol. The Labute approximate surface area is 136 Å². The highest BCUT2D eigenvalue weighted by atomic mass is 79.9. The van der Waals surface area contributed by atoms with Crippen LogP contribution in [0.15, 0.2) is 34.8 Å². The molecule has 0 amide bonds. The Morgan fingerprint density at radius 3 is 2.90 bits per heavy atom. The summed E-state index contributed by atoms with van der Waals surface area (Å²) in [6.07, 6.45) is 0.908. The Morgan fingerprint density at radius 1 is 1.24 bits per heavy atom. The van der Waals surface area contributed by atoms with E-state index in [-0.39, 0.29) is 11.7 Å². The SMILES string of the molecule is Fc1ccc(OCc2cc(Br)cc3c2OCC3)c(CCl)c1. The van der Waals surface area contributed by atoms with Crippen LogP contribution in [0.5, 0.6) is 11.5 Å². The number of hydrogen-bond donors (Lipinski definition) is 0. The normalized spacial score (nSPS) is 12.9. The Hall–Kier alpha value is -1.26. The Balaban J connectivity index is 1.83. The van der Waals surface area contributed by atoms with Crippen molar-refractivity contribution in [3.05, 3.63) is 57.3 Å². The van der Waals surface area contributed by atoms with Gasteiger partial charge in [-0.1, -0.05) is 15.9 Å². The first kappa shape index (κ1) is 14.7. The fraction of sp³-hybridized carbons (Fsp3) is 0.250. The van der Waals surface area contributed by atoms with Gasteiger partial charge in [0.05, 0.1) is 12.5 Å². The van der Waals surface area contributed by atoms with Crippen LogP contribution in [0.3, 0.4) is 0 Å². The molecule has 2 aromatic rings. The molecule has 0 aromatic heterocycles. The first-order chi connectivity index (χ1) is 10.2. The highest BCUT2D eigenvalue weighted by molar-refractivity contribution is 9.10. The van der Waals surface area contributed by atoms with Gasteiger partial charge in [0.25, 0.3) is 0 Å². The van der Waals surface area contributed by atoms with Crippen LogP contribution in [0.1, 0.15) is 16.7 Å². The highest BCUT2D eigenvalue weighted by Gasteiger charge is 2.18. The minimum Gasteiger partial charge on any atom is -0.493 e. The van der Waals surface area contributed by atoms with Crippen molar-refractivity contribution in [2.75, 3.05) is 6.61 Å². The van der Waals surface area contributed by atoms with Crippen molar-refractivity contribution in [1.82, 2.24) is 0 Å². The largest absolute Gasteiger partial charge is 0.493 e. The quantitative estimate of drug-likeness (QED) is 0.716. The molecule has 0 bridgehead atoms. The van der Waals surface area contributed by atoms with Crippen molar-refractivity contribution < 1.29 is 13.9 Å². The zero-order chi connectivity index (χ0) is 14.8. The number of alkyl halides is 1. The predicted molar refractivity (Wildman–Crippen MR) is 83.6 cm³/mol. The second-order valence-corrected chi connectivity index (χ2v) is 6.01. The van der Waals surface area contributed by atoms with Crippen LogP contribution in [0.4, 0.5) is 4.39 Å². The molecule has 0 saturated heterocycles. The molecule has 110 valence electrons. The van der Waals surface area contributed by atoms with E-state index < -0.39 is 0 Å². The molecule has 2 aromatic carbocycles. The lowest BCUT2D eigenvalue weighted by Gasteiger charge is -2.13. The molecule has 0 atom stereocenters. The van der Waals surface area contributed by atoms with Crippen molar-refractivity contribution >= 4 is 27.5 Å². The van der Waals surface area contributed by atoms with E-state index in [1.807, 2.05) is 6.07 Å². The molecule has 0 spiro atoms. The number of halogens is 3. The van der Waals surface area contributed by atoms with Crippen LogP contribution in [0, 0.1) is 5.82 Å². The lowest BCUT2D eigenvalue weighted by Crippen LogP contribution is -2.01. The molecule has 0 radical (unpaired) electrons. The number of rotatable bonds is 4. The van der Waals surface area contributed by atoms with E-state index in [0.717, 1.165) is 22.2 Å². The van der Waals surface area contributed by atoms with Crippen LogP contribution >= 0.6 is 27.5 Å². The first-order valence-corrected chi connectivity index (χ1v) is 7.91. The zero-order valence-electron chi connectivity index (χ0n) is 11.2. The van der Waals surface area contributed by atoms with Gasteiger partial charge in [-0.25, -0.2) is 4.39 Å². The molecular formula is C16H13BrClFO2. The van der Waals surface area contributed by atoms with E-state index in [9.17, 15) is 4.39 Å². The molecule has 1 aliphatic heterocycles. The van der Waals surface area contributed by atoms with E-state index in [0.29, 0.717) is 24.5 Å². The van der Waals surface area contributed by atoms with Crippen molar-refractivity contribution in [2.45, 2.75) is 18.9 Å². The summed E-state index contributed by atoms with van der Waals surface area (Å²) < 4.78 is 25.7. The molecule has 21 heavy (non-hydrogen) atoms. The molecular weight excluding hydrogens is 359 g/mol. The topological polar surface area (TPSA) is 18.5 Å². The second kappa shape index (κ2) is 6.24. The second-order valence-electron chi connectivity index (χ2n) is 4.83. The van der Waals surface area contributed by atoms with Crippen LogP contribution < -0.4 is 9.47 Å². The fourth-order valence-electron chi connectivity index (χ4n) is 2.40. The van der Waals surface area contributed by atoms with Crippen molar-refractivity contribution in [2.24, 2.45) is 0 Å².